The molecule has 2 unspecified atom stereocenters. The van der Waals surface area contributed by atoms with Crippen LogP contribution in [0.3, 0.4) is 0 Å². The maximum atomic E-state index is 5.98. The molecule has 28 heavy (non-hydrogen) atoms. The zero-order valence-electron chi connectivity index (χ0n) is 18.0. The summed E-state index contributed by atoms with van der Waals surface area (Å²) >= 11 is 0. The Bertz CT molecular complexity index is 624. The summed E-state index contributed by atoms with van der Waals surface area (Å²) in [5.41, 5.74) is 1.13. The number of rotatable bonds is 6. The Balaban J connectivity index is 1.55. The summed E-state index contributed by atoms with van der Waals surface area (Å²) < 4.78 is 7.81. The van der Waals surface area contributed by atoms with Crippen molar-refractivity contribution in [3.63, 3.8) is 0 Å². The van der Waals surface area contributed by atoms with Crippen LogP contribution in [0.25, 0.3) is 0 Å². The minimum absolute atomic E-state index is 0.0501. The van der Waals surface area contributed by atoms with E-state index < -0.39 is 0 Å². The summed E-state index contributed by atoms with van der Waals surface area (Å²) in [5, 5.41) is 7.76. The number of ether oxygens (including phenoxy) is 1. The van der Waals surface area contributed by atoms with Gasteiger partial charge in [0, 0.05) is 71.2 Å². The van der Waals surface area contributed by atoms with E-state index in [1.807, 2.05) is 24.1 Å². The molecule has 0 aromatic carbocycles. The number of aliphatic imine (C=N–C) groups is 1. The first kappa shape index (κ1) is 21.1. The predicted octanol–water partition coefficient (Wildman–Crippen LogP) is 0.642. The highest BCUT2D eigenvalue weighted by Crippen LogP contribution is 2.21. The monoisotopic (exact) mass is 391 g/mol. The molecule has 2 fully saturated rings. The fourth-order valence-corrected chi connectivity index (χ4v) is 3.85. The van der Waals surface area contributed by atoms with Gasteiger partial charge in [-0.3, -0.25) is 9.67 Å². The lowest BCUT2D eigenvalue weighted by atomic mass is 10.1. The SMILES string of the molecule is CCNC(=NCC(C)CN1CCN(C)CC1)N1CCOC(c2cnn(C)c2)C1. The second-order valence-corrected chi connectivity index (χ2v) is 8.16. The molecule has 3 rings (SSSR count). The number of aromatic nitrogens is 2. The standard InChI is InChI=1S/C20H37N7O/c1-5-21-20(22-12-17(2)14-26-8-6-24(3)7-9-26)27-10-11-28-19(16-27)18-13-23-25(4)15-18/h13,15,17,19H,5-12,14,16H2,1-4H3,(H,21,22). The molecule has 0 bridgehead atoms. The van der Waals surface area contributed by atoms with E-state index in [9.17, 15) is 0 Å². The van der Waals surface area contributed by atoms with Crippen molar-refractivity contribution >= 4 is 5.96 Å². The van der Waals surface area contributed by atoms with Gasteiger partial charge in [-0.25, -0.2) is 0 Å². The summed E-state index contributed by atoms with van der Waals surface area (Å²) in [6, 6.07) is 0. The highest BCUT2D eigenvalue weighted by molar-refractivity contribution is 5.80. The van der Waals surface area contributed by atoms with Crippen LogP contribution in [0.4, 0.5) is 0 Å². The Kier molecular flexibility index (Phi) is 7.70. The third kappa shape index (κ3) is 5.93. The lowest BCUT2D eigenvalue weighted by Crippen LogP contribution is -2.48. The zero-order chi connectivity index (χ0) is 19.9. The molecule has 0 amide bonds. The smallest absolute Gasteiger partial charge is 0.194 e. The van der Waals surface area contributed by atoms with Crippen molar-refractivity contribution in [2.45, 2.75) is 20.0 Å². The van der Waals surface area contributed by atoms with Crippen LogP contribution >= 0.6 is 0 Å². The Labute approximate surface area is 169 Å². The van der Waals surface area contributed by atoms with Gasteiger partial charge < -0.3 is 24.8 Å². The van der Waals surface area contributed by atoms with Crippen molar-refractivity contribution in [2.75, 3.05) is 72.6 Å². The van der Waals surface area contributed by atoms with Gasteiger partial charge in [-0.1, -0.05) is 6.92 Å². The van der Waals surface area contributed by atoms with Crippen LogP contribution in [0.5, 0.6) is 0 Å². The van der Waals surface area contributed by atoms with Crippen LogP contribution in [0, 0.1) is 5.92 Å². The van der Waals surface area contributed by atoms with Gasteiger partial charge in [-0.2, -0.15) is 5.10 Å². The van der Waals surface area contributed by atoms with E-state index >= 15 is 0 Å². The van der Waals surface area contributed by atoms with Gasteiger partial charge in [0.1, 0.15) is 6.10 Å². The fraction of sp³-hybridized carbons (Fsp3) is 0.800. The van der Waals surface area contributed by atoms with Crippen LogP contribution in [0.15, 0.2) is 17.4 Å². The number of aryl methyl sites for hydroxylation is 1. The first-order valence-corrected chi connectivity index (χ1v) is 10.6. The summed E-state index contributed by atoms with van der Waals surface area (Å²) in [6.07, 6.45) is 3.99. The largest absolute Gasteiger partial charge is 0.370 e. The third-order valence-corrected chi connectivity index (χ3v) is 5.52. The number of likely N-dealkylation sites (N-methyl/N-ethyl adjacent to an activating group) is 1. The van der Waals surface area contributed by atoms with Gasteiger partial charge in [0.25, 0.3) is 0 Å². The fourth-order valence-electron chi connectivity index (χ4n) is 3.85. The quantitative estimate of drug-likeness (QED) is 0.567. The number of nitrogens with one attached hydrogen (secondary N) is 1. The van der Waals surface area contributed by atoms with Crippen molar-refractivity contribution in [2.24, 2.45) is 18.0 Å². The molecular formula is C20H37N7O. The van der Waals surface area contributed by atoms with Crippen molar-refractivity contribution in [3.8, 4) is 0 Å². The molecule has 0 aliphatic carbocycles. The molecular weight excluding hydrogens is 354 g/mol. The summed E-state index contributed by atoms with van der Waals surface area (Å²) in [5.74, 6) is 1.55. The minimum Gasteiger partial charge on any atom is -0.370 e. The molecule has 2 aliphatic heterocycles. The Hall–Kier alpha value is -1.64. The average Bonchev–Trinajstić information content (AvgIpc) is 3.13. The first-order chi connectivity index (χ1) is 13.5. The van der Waals surface area contributed by atoms with E-state index in [0.717, 1.165) is 44.2 Å². The van der Waals surface area contributed by atoms with Crippen LogP contribution in [-0.4, -0.2) is 103 Å². The van der Waals surface area contributed by atoms with Crippen molar-refractivity contribution in [3.05, 3.63) is 18.0 Å². The van der Waals surface area contributed by atoms with Gasteiger partial charge in [0.05, 0.1) is 19.3 Å². The molecule has 0 saturated carbocycles. The molecule has 158 valence electrons. The number of morpholine rings is 1. The molecule has 1 aromatic rings. The van der Waals surface area contributed by atoms with Crippen molar-refractivity contribution in [1.82, 2.24) is 29.8 Å². The number of nitrogens with zero attached hydrogens (tertiary/aromatic N) is 6. The molecule has 1 aromatic heterocycles. The van der Waals surface area contributed by atoms with Crippen LogP contribution in [-0.2, 0) is 11.8 Å². The molecule has 1 N–H and O–H groups in total. The molecule has 2 saturated heterocycles. The minimum atomic E-state index is 0.0501. The topological polar surface area (TPSA) is 61.2 Å². The lowest BCUT2D eigenvalue weighted by Gasteiger charge is -2.35. The van der Waals surface area contributed by atoms with Crippen LogP contribution in [0.1, 0.15) is 25.5 Å². The molecule has 2 atom stereocenters. The second kappa shape index (κ2) is 10.2. The molecule has 8 heteroatoms. The lowest BCUT2D eigenvalue weighted by molar-refractivity contribution is -0.00807. The second-order valence-electron chi connectivity index (χ2n) is 8.16. The van der Waals surface area contributed by atoms with E-state index in [0.29, 0.717) is 12.5 Å². The Morgan fingerprint density at radius 1 is 1.29 bits per heavy atom. The van der Waals surface area contributed by atoms with Gasteiger partial charge in [-0.15, -0.1) is 0 Å². The zero-order valence-corrected chi connectivity index (χ0v) is 18.0. The predicted molar refractivity (Wildman–Crippen MR) is 113 cm³/mol. The van der Waals surface area contributed by atoms with Gasteiger partial charge in [0.15, 0.2) is 5.96 Å². The molecule has 2 aliphatic rings. The van der Waals surface area contributed by atoms with E-state index in [1.165, 1.54) is 26.2 Å². The first-order valence-electron chi connectivity index (χ1n) is 10.6. The van der Waals surface area contributed by atoms with E-state index in [2.05, 4.69) is 46.0 Å². The number of piperazine rings is 1. The van der Waals surface area contributed by atoms with Crippen molar-refractivity contribution in [1.29, 1.82) is 0 Å². The Morgan fingerprint density at radius 3 is 2.75 bits per heavy atom. The summed E-state index contributed by atoms with van der Waals surface area (Å²) in [4.78, 5) is 12.3. The van der Waals surface area contributed by atoms with E-state index in [4.69, 9.17) is 9.73 Å². The molecule has 3 heterocycles. The van der Waals surface area contributed by atoms with Gasteiger partial charge >= 0.3 is 0 Å². The highest BCUT2D eigenvalue weighted by Gasteiger charge is 2.25. The average molecular weight is 392 g/mol. The summed E-state index contributed by atoms with van der Waals surface area (Å²) in [7, 11) is 4.15. The maximum Gasteiger partial charge on any atom is 0.194 e. The van der Waals surface area contributed by atoms with Crippen molar-refractivity contribution < 1.29 is 4.74 Å². The van der Waals surface area contributed by atoms with Gasteiger partial charge in [0.2, 0.25) is 0 Å². The number of hydrogen-bond acceptors (Lipinski definition) is 5. The third-order valence-electron chi connectivity index (χ3n) is 5.52. The molecule has 0 spiro atoms. The highest BCUT2D eigenvalue weighted by atomic mass is 16.5. The van der Waals surface area contributed by atoms with Crippen LogP contribution in [0.2, 0.25) is 0 Å². The molecule has 0 radical (unpaired) electrons. The maximum absolute atomic E-state index is 5.98. The van der Waals surface area contributed by atoms with Crippen LogP contribution < -0.4 is 5.32 Å². The van der Waals surface area contributed by atoms with E-state index in [-0.39, 0.29) is 6.10 Å². The van der Waals surface area contributed by atoms with Gasteiger partial charge in [-0.05, 0) is 19.9 Å². The summed E-state index contributed by atoms with van der Waals surface area (Å²) in [6.45, 7) is 14.3. The number of hydrogen-bond donors (Lipinski definition) is 1. The normalized spacial score (nSPS) is 23.8. The van der Waals surface area contributed by atoms with E-state index in [1.54, 1.807) is 0 Å². The Morgan fingerprint density at radius 2 is 2.07 bits per heavy atom. The number of guanidine groups is 1. The molecule has 8 nitrogen and oxygen atoms in total.